The van der Waals surface area contributed by atoms with E-state index in [9.17, 15) is 4.79 Å². The third kappa shape index (κ3) is 6.78. The van der Waals surface area contributed by atoms with Crippen molar-refractivity contribution in [2.75, 3.05) is 30.9 Å². The molecule has 1 amide bonds. The average Bonchev–Trinajstić information content (AvgIpc) is 3.42. The molecule has 1 fully saturated rings. The first-order valence-corrected chi connectivity index (χ1v) is 12.0. The molecule has 37 heavy (non-hydrogen) atoms. The number of hydrogen-bond acceptors (Lipinski definition) is 7. The number of carbonyl (C=O) groups is 1. The Hall–Kier alpha value is -4.08. The van der Waals surface area contributed by atoms with Gasteiger partial charge in [0.1, 0.15) is 30.0 Å². The molecule has 3 aromatic rings. The lowest BCUT2D eigenvalue weighted by Crippen LogP contribution is -2.20. The zero-order valence-electron chi connectivity index (χ0n) is 20.4. The van der Waals surface area contributed by atoms with Gasteiger partial charge in [0.2, 0.25) is 5.91 Å². The maximum Gasteiger partial charge on any atom is 0.247 e. The zero-order valence-corrected chi connectivity index (χ0v) is 21.1. The quantitative estimate of drug-likeness (QED) is 0.201. The molecule has 1 aliphatic rings. The fraction of sp³-hybridized carbons (Fsp3) is 0.222. The van der Waals surface area contributed by atoms with Crippen LogP contribution in [0, 0.1) is 0 Å². The SMILES string of the molecule is C=CC(=O)Nc1cc(C(N)=Nc2ccc(OCc3ccccn3)c(Cl)c2)c(NC)cc1OC1CCOC1. The molecule has 0 radical (unpaired) electrons. The minimum atomic E-state index is -0.376. The van der Waals surface area contributed by atoms with E-state index in [4.69, 9.17) is 31.5 Å². The van der Waals surface area contributed by atoms with Gasteiger partial charge in [0.05, 0.1) is 35.3 Å². The monoisotopic (exact) mass is 521 g/mol. The van der Waals surface area contributed by atoms with Crippen LogP contribution >= 0.6 is 11.6 Å². The molecule has 4 rings (SSSR count). The molecule has 1 unspecified atom stereocenters. The van der Waals surface area contributed by atoms with Crippen molar-refractivity contribution in [2.24, 2.45) is 10.7 Å². The highest BCUT2D eigenvalue weighted by molar-refractivity contribution is 6.32. The number of carbonyl (C=O) groups excluding carboxylic acids is 1. The molecule has 9 nitrogen and oxygen atoms in total. The van der Waals surface area contributed by atoms with E-state index in [0.717, 1.165) is 12.1 Å². The van der Waals surface area contributed by atoms with Gasteiger partial charge in [-0.15, -0.1) is 0 Å². The number of anilines is 2. The van der Waals surface area contributed by atoms with Crippen LogP contribution < -0.4 is 25.8 Å². The summed E-state index contributed by atoms with van der Waals surface area (Å²) < 4.78 is 17.3. The molecule has 1 aliphatic heterocycles. The second-order valence-electron chi connectivity index (χ2n) is 8.16. The van der Waals surface area contributed by atoms with Crippen LogP contribution in [-0.4, -0.2) is 43.1 Å². The van der Waals surface area contributed by atoms with Gasteiger partial charge in [0.25, 0.3) is 0 Å². The molecule has 2 heterocycles. The summed E-state index contributed by atoms with van der Waals surface area (Å²) in [4.78, 5) is 20.9. The highest BCUT2D eigenvalue weighted by atomic mass is 35.5. The van der Waals surface area contributed by atoms with E-state index >= 15 is 0 Å². The zero-order chi connectivity index (χ0) is 26.2. The van der Waals surface area contributed by atoms with E-state index in [1.807, 2.05) is 18.2 Å². The van der Waals surface area contributed by atoms with Crippen molar-refractivity contribution in [3.63, 3.8) is 0 Å². The maximum atomic E-state index is 12.1. The molecular weight excluding hydrogens is 494 g/mol. The minimum Gasteiger partial charge on any atom is -0.486 e. The third-order valence-electron chi connectivity index (χ3n) is 5.56. The van der Waals surface area contributed by atoms with Crippen molar-refractivity contribution in [1.82, 2.24) is 4.98 Å². The number of rotatable bonds is 10. The van der Waals surface area contributed by atoms with E-state index < -0.39 is 0 Å². The van der Waals surface area contributed by atoms with Gasteiger partial charge in [0, 0.05) is 37.0 Å². The number of hydrogen-bond donors (Lipinski definition) is 3. The summed E-state index contributed by atoms with van der Waals surface area (Å²) in [5, 5.41) is 6.29. The topological polar surface area (TPSA) is 120 Å². The van der Waals surface area contributed by atoms with Crippen molar-refractivity contribution >= 4 is 40.4 Å². The lowest BCUT2D eigenvalue weighted by atomic mass is 10.1. The molecule has 0 bridgehead atoms. The number of ether oxygens (including phenoxy) is 3. The molecule has 1 saturated heterocycles. The first-order valence-electron chi connectivity index (χ1n) is 11.7. The first-order chi connectivity index (χ1) is 18.0. The Morgan fingerprint density at radius 1 is 1.27 bits per heavy atom. The van der Waals surface area contributed by atoms with E-state index in [1.54, 1.807) is 43.6 Å². The van der Waals surface area contributed by atoms with Crippen LogP contribution in [0.1, 0.15) is 17.7 Å². The summed E-state index contributed by atoms with van der Waals surface area (Å²) in [7, 11) is 1.77. The first kappa shape index (κ1) is 26.0. The number of nitrogens with one attached hydrogen (secondary N) is 2. The number of amides is 1. The molecule has 0 aliphatic carbocycles. The third-order valence-corrected chi connectivity index (χ3v) is 5.85. The lowest BCUT2D eigenvalue weighted by Gasteiger charge is -2.19. The second kappa shape index (κ2) is 12.2. The van der Waals surface area contributed by atoms with E-state index in [0.29, 0.717) is 52.4 Å². The van der Waals surface area contributed by atoms with Crippen LogP contribution in [0.5, 0.6) is 11.5 Å². The van der Waals surface area contributed by atoms with Crippen LogP contribution in [-0.2, 0) is 16.1 Å². The van der Waals surface area contributed by atoms with Crippen LogP contribution in [0.4, 0.5) is 17.1 Å². The van der Waals surface area contributed by atoms with Crippen molar-refractivity contribution in [3.05, 3.63) is 83.7 Å². The molecule has 1 aromatic heterocycles. The summed E-state index contributed by atoms with van der Waals surface area (Å²) in [6, 6.07) is 14.2. The number of benzene rings is 2. The minimum absolute atomic E-state index is 0.110. The number of nitrogens with zero attached hydrogens (tertiary/aromatic N) is 2. The summed E-state index contributed by atoms with van der Waals surface area (Å²) >= 11 is 6.43. The maximum absolute atomic E-state index is 12.1. The Bertz CT molecular complexity index is 1290. The molecule has 0 saturated carbocycles. The Morgan fingerprint density at radius 3 is 2.81 bits per heavy atom. The molecule has 0 spiro atoms. The Morgan fingerprint density at radius 2 is 2.14 bits per heavy atom. The number of pyridine rings is 1. The van der Waals surface area contributed by atoms with Gasteiger partial charge in [-0.2, -0.15) is 0 Å². The van der Waals surface area contributed by atoms with Gasteiger partial charge in [-0.1, -0.05) is 24.2 Å². The van der Waals surface area contributed by atoms with E-state index in [2.05, 4.69) is 27.2 Å². The lowest BCUT2D eigenvalue weighted by molar-refractivity contribution is -0.111. The Labute approximate surface area is 220 Å². The largest absolute Gasteiger partial charge is 0.486 e. The summed E-state index contributed by atoms with van der Waals surface area (Å²) in [6.45, 7) is 4.93. The molecule has 4 N–H and O–H groups in total. The van der Waals surface area contributed by atoms with Crippen molar-refractivity contribution in [3.8, 4) is 11.5 Å². The van der Waals surface area contributed by atoms with Crippen molar-refractivity contribution < 1.29 is 19.0 Å². The fourth-order valence-corrected chi connectivity index (χ4v) is 3.90. The standard InChI is InChI=1S/C27H28ClN5O4/c1-3-26(34)33-23-13-20(22(30-2)14-25(23)37-19-9-11-35-16-19)27(29)32-17-7-8-24(21(28)12-17)36-15-18-6-4-5-10-31-18/h3-8,10,12-14,19,30H,1,9,11,15-16H2,2H3,(H2,29,32)(H,33,34). The van der Waals surface area contributed by atoms with Crippen molar-refractivity contribution in [1.29, 1.82) is 0 Å². The van der Waals surface area contributed by atoms with Gasteiger partial charge < -0.3 is 30.6 Å². The van der Waals surface area contributed by atoms with Crippen molar-refractivity contribution in [2.45, 2.75) is 19.1 Å². The summed E-state index contributed by atoms with van der Waals surface area (Å²) in [5.74, 6) is 0.836. The number of nitrogens with two attached hydrogens (primary N) is 1. The van der Waals surface area contributed by atoms with Gasteiger partial charge >= 0.3 is 0 Å². The number of halogens is 1. The predicted molar refractivity (Wildman–Crippen MR) is 145 cm³/mol. The predicted octanol–water partition coefficient (Wildman–Crippen LogP) is 4.68. The van der Waals surface area contributed by atoms with Gasteiger partial charge in [0.15, 0.2) is 0 Å². The van der Waals surface area contributed by atoms with E-state index in [1.165, 1.54) is 6.08 Å². The normalized spacial score (nSPS) is 15.2. The highest BCUT2D eigenvalue weighted by Crippen LogP contribution is 2.35. The second-order valence-corrected chi connectivity index (χ2v) is 8.57. The summed E-state index contributed by atoms with van der Waals surface area (Å²) in [6.07, 6.45) is 3.54. The highest BCUT2D eigenvalue weighted by Gasteiger charge is 2.21. The Balaban J connectivity index is 1.59. The van der Waals surface area contributed by atoms with Gasteiger partial charge in [-0.3, -0.25) is 9.78 Å². The number of amidine groups is 1. The molecule has 10 heteroatoms. The van der Waals surface area contributed by atoms with Crippen LogP contribution in [0.15, 0.2) is 72.4 Å². The number of aliphatic imine (C=N–C) groups is 1. The van der Waals surface area contributed by atoms with Crippen LogP contribution in [0.3, 0.4) is 0 Å². The molecule has 1 atom stereocenters. The van der Waals surface area contributed by atoms with E-state index in [-0.39, 0.29) is 24.5 Å². The van der Waals surface area contributed by atoms with Crippen LogP contribution in [0.2, 0.25) is 5.02 Å². The van der Waals surface area contributed by atoms with Gasteiger partial charge in [-0.25, -0.2) is 4.99 Å². The van der Waals surface area contributed by atoms with Gasteiger partial charge in [-0.05, 0) is 42.5 Å². The fourth-order valence-electron chi connectivity index (χ4n) is 3.67. The number of aromatic nitrogens is 1. The Kier molecular flexibility index (Phi) is 8.60. The van der Waals surface area contributed by atoms with Crippen LogP contribution in [0.25, 0.3) is 0 Å². The molecule has 2 aromatic carbocycles. The molecule has 192 valence electrons. The average molecular weight is 522 g/mol. The summed E-state index contributed by atoms with van der Waals surface area (Å²) in [5.41, 5.74) is 9.42. The molecular formula is C27H28ClN5O4. The smallest absolute Gasteiger partial charge is 0.247 e.